The second-order valence-electron chi connectivity index (χ2n) is 6.69. The molecule has 2 aliphatic rings. The van der Waals surface area contributed by atoms with Crippen molar-refractivity contribution in [1.82, 2.24) is 14.4 Å². The number of amides is 1. The third-order valence-corrected chi connectivity index (χ3v) is 5.17. The van der Waals surface area contributed by atoms with Crippen LogP contribution in [-0.4, -0.2) is 52.5 Å². The van der Waals surface area contributed by atoms with E-state index in [9.17, 15) is 9.18 Å². The van der Waals surface area contributed by atoms with Gasteiger partial charge in [0.25, 0.3) is 5.91 Å². The SMILES string of the molecule is O=C(c1ccc(-n2cccc2)c(F)c1)N1CCCN2CCC[C@@H]2C1. The van der Waals surface area contributed by atoms with E-state index in [0.717, 1.165) is 39.0 Å². The highest BCUT2D eigenvalue weighted by molar-refractivity contribution is 5.94. The molecule has 0 radical (unpaired) electrons. The molecule has 2 saturated heterocycles. The van der Waals surface area contributed by atoms with Crippen LogP contribution < -0.4 is 0 Å². The predicted molar refractivity (Wildman–Crippen MR) is 90.8 cm³/mol. The van der Waals surface area contributed by atoms with Crippen molar-refractivity contribution >= 4 is 5.91 Å². The third-order valence-electron chi connectivity index (χ3n) is 5.17. The number of rotatable bonds is 2. The van der Waals surface area contributed by atoms with E-state index in [1.165, 1.54) is 12.5 Å². The molecule has 0 N–H and O–H groups in total. The molecule has 4 nitrogen and oxygen atoms in total. The maximum atomic E-state index is 14.4. The summed E-state index contributed by atoms with van der Waals surface area (Å²) in [5.74, 6) is -0.420. The first-order chi connectivity index (χ1) is 11.7. The molecule has 1 aromatic heterocycles. The summed E-state index contributed by atoms with van der Waals surface area (Å²) in [4.78, 5) is 17.2. The van der Waals surface area contributed by atoms with Gasteiger partial charge in [-0.1, -0.05) is 0 Å². The van der Waals surface area contributed by atoms with Crippen LogP contribution in [0.2, 0.25) is 0 Å². The van der Waals surface area contributed by atoms with Crippen molar-refractivity contribution < 1.29 is 9.18 Å². The van der Waals surface area contributed by atoms with Gasteiger partial charge in [-0.05, 0) is 56.1 Å². The molecule has 1 amide bonds. The van der Waals surface area contributed by atoms with Crippen LogP contribution in [0.4, 0.5) is 4.39 Å². The number of halogens is 1. The molecule has 5 heteroatoms. The van der Waals surface area contributed by atoms with Crippen LogP contribution in [-0.2, 0) is 0 Å². The first-order valence-corrected chi connectivity index (χ1v) is 8.68. The fourth-order valence-electron chi connectivity index (χ4n) is 3.92. The highest BCUT2D eigenvalue weighted by Gasteiger charge is 2.31. The summed E-state index contributed by atoms with van der Waals surface area (Å²) < 4.78 is 16.2. The fraction of sp³-hybridized carbons (Fsp3) is 0.421. The van der Waals surface area contributed by atoms with Gasteiger partial charge < -0.3 is 9.47 Å². The molecule has 126 valence electrons. The van der Waals surface area contributed by atoms with E-state index >= 15 is 0 Å². The molecule has 24 heavy (non-hydrogen) atoms. The molecule has 0 unspecified atom stereocenters. The van der Waals surface area contributed by atoms with E-state index in [2.05, 4.69) is 4.90 Å². The Morgan fingerprint density at radius 2 is 1.88 bits per heavy atom. The summed E-state index contributed by atoms with van der Waals surface area (Å²) in [5.41, 5.74) is 0.907. The minimum absolute atomic E-state index is 0.0540. The van der Waals surface area contributed by atoms with Gasteiger partial charge in [0.05, 0.1) is 5.69 Å². The summed E-state index contributed by atoms with van der Waals surface area (Å²) >= 11 is 0. The summed E-state index contributed by atoms with van der Waals surface area (Å²) in [6, 6.07) is 8.96. The number of hydrogen-bond acceptors (Lipinski definition) is 2. The topological polar surface area (TPSA) is 28.5 Å². The highest BCUT2D eigenvalue weighted by atomic mass is 19.1. The van der Waals surface area contributed by atoms with Gasteiger partial charge in [0.15, 0.2) is 0 Å². The minimum atomic E-state index is -0.366. The average Bonchev–Trinajstić information content (AvgIpc) is 3.22. The molecular formula is C19H22FN3O. The van der Waals surface area contributed by atoms with Crippen LogP contribution in [0.1, 0.15) is 29.6 Å². The van der Waals surface area contributed by atoms with Gasteiger partial charge >= 0.3 is 0 Å². The molecule has 2 aliphatic heterocycles. The van der Waals surface area contributed by atoms with Gasteiger partial charge in [0.1, 0.15) is 5.82 Å². The molecule has 2 aromatic rings. The molecule has 2 fully saturated rings. The Morgan fingerprint density at radius 1 is 1.08 bits per heavy atom. The van der Waals surface area contributed by atoms with E-state index in [0.29, 0.717) is 17.3 Å². The number of nitrogens with zero attached hydrogens (tertiary/aromatic N) is 3. The van der Waals surface area contributed by atoms with Gasteiger partial charge in [-0.2, -0.15) is 0 Å². The average molecular weight is 327 g/mol. The van der Waals surface area contributed by atoms with Gasteiger partial charge in [0.2, 0.25) is 0 Å². The molecule has 1 aromatic carbocycles. The van der Waals surface area contributed by atoms with Gasteiger partial charge in [-0.25, -0.2) is 4.39 Å². The van der Waals surface area contributed by atoms with Crippen LogP contribution in [0.25, 0.3) is 5.69 Å². The lowest BCUT2D eigenvalue weighted by atomic mass is 10.1. The number of carbonyl (C=O) groups excluding carboxylic acids is 1. The molecule has 0 spiro atoms. The van der Waals surface area contributed by atoms with E-state index in [-0.39, 0.29) is 11.7 Å². The normalized spacial score (nSPS) is 21.5. The Balaban J connectivity index is 1.54. The van der Waals surface area contributed by atoms with Crippen LogP contribution in [0.3, 0.4) is 0 Å². The van der Waals surface area contributed by atoms with Gasteiger partial charge in [-0.3, -0.25) is 9.69 Å². The molecular weight excluding hydrogens is 305 g/mol. The lowest BCUT2D eigenvalue weighted by Crippen LogP contribution is -2.39. The summed E-state index contributed by atoms with van der Waals surface area (Å²) in [6.07, 6.45) is 6.95. The van der Waals surface area contributed by atoms with Gasteiger partial charge in [0, 0.05) is 43.6 Å². The van der Waals surface area contributed by atoms with Crippen LogP contribution in [0, 0.1) is 5.82 Å². The maximum Gasteiger partial charge on any atom is 0.254 e. The van der Waals surface area contributed by atoms with Crippen molar-refractivity contribution in [2.24, 2.45) is 0 Å². The number of hydrogen-bond donors (Lipinski definition) is 0. The van der Waals surface area contributed by atoms with Crippen molar-refractivity contribution in [2.75, 3.05) is 26.2 Å². The Labute approximate surface area is 141 Å². The van der Waals surface area contributed by atoms with Crippen molar-refractivity contribution in [1.29, 1.82) is 0 Å². The second-order valence-corrected chi connectivity index (χ2v) is 6.69. The molecule has 1 atom stereocenters. The number of aromatic nitrogens is 1. The summed E-state index contributed by atoms with van der Waals surface area (Å²) in [6.45, 7) is 3.73. The Kier molecular flexibility index (Phi) is 4.10. The fourth-order valence-corrected chi connectivity index (χ4v) is 3.92. The standard InChI is InChI=1S/C19H22FN3O/c20-17-13-15(6-7-18(17)22-8-1-2-9-22)19(24)23-12-4-11-21-10-3-5-16(21)14-23/h1-2,6-9,13,16H,3-5,10-12,14H2/t16-/m1/s1. The van der Waals surface area contributed by atoms with Crippen LogP contribution >= 0.6 is 0 Å². The van der Waals surface area contributed by atoms with E-state index in [1.54, 1.807) is 29.1 Å². The first kappa shape index (κ1) is 15.4. The predicted octanol–water partition coefficient (Wildman–Crippen LogP) is 2.93. The lowest BCUT2D eigenvalue weighted by Gasteiger charge is -2.25. The molecule has 4 rings (SSSR count). The largest absolute Gasteiger partial charge is 0.337 e. The summed E-state index contributed by atoms with van der Waals surface area (Å²) in [5, 5.41) is 0. The Bertz CT molecular complexity index is 728. The molecule has 0 bridgehead atoms. The van der Waals surface area contributed by atoms with Crippen LogP contribution in [0.5, 0.6) is 0 Å². The third kappa shape index (κ3) is 2.84. The molecule has 3 heterocycles. The van der Waals surface area contributed by atoms with E-state index in [4.69, 9.17) is 0 Å². The number of benzene rings is 1. The maximum absolute atomic E-state index is 14.4. The lowest BCUT2D eigenvalue weighted by molar-refractivity contribution is 0.0743. The Hall–Kier alpha value is -2.14. The molecule has 0 aliphatic carbocycles. The van der Waals surface area contributed by atoms with Crippen molar-refractivity contribution in [3.63, 3.8) is 0 Å². The number of fused-ring (bicyclic) bond motifs is 1. The van der Waals surface area contributed by atoms with Crippen molar-refractivity contribution in [2.45, 2.75) is 25.3 Å². The second kappa shape index (κ2) is 6.40. The zero-order valence-electron chi connectivity index (χ0n) is 13.7. The summed E-state index contributed by atoms with van der Waals surface area (Å²) in [7, 11) is 0. The van der Waals surface area contributed by atoms with E-state index in [1.807, 2.05) is 17.0 Å². The van der Waals surface area contributed by atoms with E-state index < -0.39 is 0 Å². The van der Waals surface area contributed by atoms with Crippen LogP contribution in [0.15, 0.2) is 42.7 Å². The van der Waals surface area contributed by atoms with Crippen molar-refractivity contribution in [3.8, 4) is 5.69 Å². The number of carbonyl (C=O) groups is 1. The monoisotopic (exact) mass is 327 g/mol. The van der Waals surface area contributed by atoms with Crippen molar-refractivity contribution in [3.05, 3.63) is 54.1 Å². The Morgan fingerprint density at radius 3 is 2.67 bits per heavy atom. The first-order valence-electron chi connectivity index (χ1n) is 8.68. The minimum Gasteiger partial charge on any atom is -0.337 e. The molecule has 0 saturated carbocycles. The zero-order chi connectivity index (χ0) is 16.5. The highest BCUT2D eigenvalue weighted by Crippen LogP contribution is 2.23. The van der Waals surface area contributed by atoms with Gasteiger partial charge in [-0.15, -0.1) is 0 Å². The zero-order valence-corrected chi connectivity index (χ0v) is 13.7. The smallest absolute Gasteiger partial charge is 0.254 e. The quantitative estimate of drug-likeness (QED) is 0.848.